The second-order valence-corrected chi connectivity index (χ2v) is 7.17. The SMILES string of the molecule is C=CCOc1cccc2c1C(NOCc1ccccc1)CN(C(=O)O)C2(CC)C(=O)O. The van der Waals surface area contributed by atoms with Crippen molar-refractivity contribution in [2.75, 3.05) is 13.2 Å². The zero-order valence-electron chi connectivity index (χ0n) is 17.3. The maximum Gasteiger partial charge on any atom is 0.408 e. The van der Waals surface area contributed by atoms with Gasteiger partial charge in [-0.1, -0.05) is 62.0 Å². The number of benzene rings is 2. The van der Waals surface area contributed by atoms with Crippen molar-refractivity contribution in [1.29, 1.82) is 0 Å². The molecule has 1 aliphatic rings. The standard InChI is InChI=1S/C23H26N2O6/c1-3-13-30-19-12-8-11-17-20(19)18(24-31-15-16-9-6-5-7-10-16)14-25(22(28)29)23(17,4-2)21(26)27/h3,5-12,18,24H,1,4,13-15H2,2H3,(H,26,27)(H,28,29). The van der Waals surface area contributed by atoms with Crippen LogP contribution < -0.4 is 10.2 Å². The lowest BCUT2D eigenvalue weighted by Gasteiger charge is -2.46. The molecule has 0 aliphatic carbocycles. The molecule has 0 fully saturated rings. The van der Waals surface area contributed by atoms with E-state index in [9.17, 15) is 19.8 Å². The number of hydroxylamine groups is 1. The third-order valence-electron chi connectivity index (χ3n) is 5.45. The number of rotatable bonds is 9. The molecule has 2 unspecified atom stereocenters. The van der Waals surface area contributed by atoms with Gasteiger partial charge >= 0.3 is 12.1 Å². The van der Waals surface area contributed by atoms with Gasteiger partial charge in [-0.3, -0.25) is 9.74 Å². The largest absolute Gasteiger partial charge is 0.489 e. The summed E-state index contributed by atoms with van der Waals surface area (Å²) in [6.45, 7) is 5.67. The van der Waals surface area contributed by atoms with E-state index in [1.54, 1.807) is 31.2 Å². The van der Waals surface area contributed by atoms with E-state index in [0.29, 0.717) is 16.9 Å². The topological polar surface area (TPSA) is 108 Å². The number of aliphatic carboxylic acids is 1. The highest BCUT2D eigenvalue weighted by atomic mass is 16.6. The van der Waals surface area contributed by atoms with Gasteiger partial charge in [0.05, 0.1) is 12.6 Å². The van der Waals surface area contributed by atoms with Crippen LogP contribution in [-0.4, -0.2) is 40.3 Å². The Morgan fingerprint density at radius 2 is 1.97 bits per heavy atom. The van der Waals surface area contributed by atoms with Crippen LogP contribution in [0.3, 0.4) is 0 Å². The van der Waals surface area contributed by atoms with E-state index in [0.717, 1.165) is 10.5 Å². The second kappa shape index (κ2) is 9.63. The van der Waals surface area contributed by atoms with Crippen LogP contribution in [0.5, 0.6) is 5.75 Å². The van der Waals surface area contributed by atoms with Gasteiger partial charge in [0.1, 0.15) is 12.4 Å². The van der Waals surface area contributed by atoms with E-state index in [2.05, 4.69) is 12.1 Å². The Balaban J connectivity index is 2.03. The zero-order valence-corrected chi connectivity index (χ0v) is 17.3. The number of carboxylic acid groups (broad SMARTS) is 2. The van der Waals surface area contributed by atoms with E-state index in [1.165, 1.54) is 0 Å². The summed E-state index contributed by atoms with van der Waals surface area (Å²) in [6, 6.07) is 13.9. The molecule has 0 saturated carbocycles. The minimum absolute atomic E-state index is 0.0597. The summed E-state index contributed by atoms with van der Waals surface area (Å²) in [6.07, 6.45) is 0.330. The molecule has 0 radical (unpaired) electrons. The predicted octanol–water partition coefficient (Wildman–Crippen LogP) is 3.70. The Kier molecular flexibility index (Phi) is 6.94. The quantitative estimate of drug-likeness (QED) is 0.414. The minimum atomic E-state index is -1.73. The molecule has 0 saturated heterocycles. The van der Waals surface area contributed by atoms with Crippen molar-refractivity contribution in [1.82, 2.24) is 10.4 Å². The maximum absolute atomic E-state index is 12.4. The van der Waals surface area contributed by atoms with Crippen LogP contribution in [0.1, 0.15) is 36.1 Å². The molecular weight excluding hydrogens is 400 g/mol. The molecule has 0 spiro atoms. The number of fused-ring (bicyclic) bond motifs is 1. The number of nitrogens with one attached hydrogen (secondary N) is 1. The monoisotopic (exact) mass is 426 g/mol. The fourth-order valence-corrected chi connectivity index (χ4v) is 4.01. The molecule has 2 aromatic rings. The van der Waals surface area contributed by atoms with Gasteiger partial charge in [-0.25, -0.2) is 9.59 Å². The van der Waals surface area contributed by atoms with Gasteiger partial charge in [-0.2, -0.15) is 5.48 Å². The molecule has 8 heteroatoms. The summed E-state index contributed by atoms with van der Waals surface area (Å²) in [5, 5.41) is 20.0. The molecule has 164 valence electrons. The Morgan fingerprint density at radius 1 is 1.23 bits per heavy atom. The van der Waals surface area contributed by atoms with Crippen molar-refractivity contribution >= 4 is 12.1 Å². The predicted molar refractivity (Wildman–Crippen MR) is 114 cm³/mol. The van der Waals surface area contributed by atoms with Crippen LogP contribution in [0.2, 0.25) is 0 Å². The third kappa shape index (κ3) is 4.26. The molecule has 31 heavy (non-hydrogen) atoms. The first kappa shape index (κ1) is 22.3. The van der Waals surface area contributed by atoms with Crippen molar-refractivity contribution in [2.24, 2.45) is 0 Å². The summed E-state index contributed by atoms with van der Waals surface area (Å²) in [4.78, 5) is 31.1. The molecule has 2 aromatic carbocycles. The van der Waals surface area contributed by atoms with Crippen LogP contribution in [0.25, 0.3) is 0 Å². The number of ether oxygens (including phenoxy) is 1. The van der Waals surface area contributed by atoms with Crippen LogP contribution >= 0.6 is 0 Å². The van der Waals surface area contributed by atoms with Crippen molar-refractivity contribution in [3.63, 3.8) is 0 Å². The molecule has 0 aromatic heterocycles. The van der Waals surface area contributed by atoms with Gasteiger partial charge in [-0.05, 0) is 23.6 Å². The maximum atomic E-state index is 12.4. The fourth-order valence-electron chi connectivity index (χ4n) is 4.01. The van der Waals surface area contributed by atoms with Crippen molar-refractivity contribution < 1.29 is 29.4 Å². The first-order valence-corrected chi connectivity index (χ1v) is 9.98. The van der Waals surface area contributed by atoms with Gasteiger partial charge in [0.15, 0.2) is 5.54 Å². The Labute approximate surface area is 180 Å². The normalized spacial score (nSPS) is 20.0. The smallest absolute Gasteiger partial charge is 0.408 e. The van der Waals surface area contributed by atoms with Crippen LogP contribution in [0.15, 0.2) is 61.2 Å². The Morgan fingerprint density at radius 3 is 2.58 bits per heavy atom. The summed E-state index contributed by atoms with van der Waals surface area (Å²) in [5.41, 5.74) is 3.06. The van der Waals surface area contributed by atoms with Crippen molar-refractivity contribution in [3.05, 3.63) is 77.9 Å². The second-order valence-electron chi connectivity index (χ2n) is 7.17. The molecular formula is C23H26N2O6. The molecule has 1 amide bonds. The molecule has 1 heterocycles. The highest BCUT2D eigenvalue weighted by Gasteiger charge is 2.53. The van der Waals surface area contributed by atoms with Gasteiger partial charge in [0.2, 0.25) is 0 Å². The summed E-state index contributed by atoms with van der Waals surface area (Å²) < 4.78 is 5.79. The van der Waals surface area contributed by atoms with E-state index in [1.807, 2.05) is 30.3 Å². The number of amides is 1. The molecule has 0 bridgehead atoms. The van der Waals surface area contributed by atoms with E-state index in [-0.39, 0.29) is 26.2 Å². The lowest BCUT2D eigenvalue weighted by molar-refractivity contribution is -0.153. The van der Waals surface area contributed by atoms with E-state index < -0.39 is 23.6 Å². The lowest BCUT2D eigenvalue weighted by Crippen LogP contribution is -2.59. The number of hydrogen-bond donors (Lipinski definition) is 3. The number of hydrogen-bond acceptors (Lipinski definition) is 5. The van der Waals surface area contributed by atoms with Crippen molar-refractivity contribution in [3.8, 4) is 5.75 Å². The van der Waals surface area contributed by atoms with Crippen LogP contribution in [0.4, 0.5) is 4.79 Å². The van der Waals surface area contributed by atoms with Gasteiger partial charge in [-0.15, -0.1) is 0 Å². The third-order valence-corrected chi connectivity index (χ3v) is 5.45. The first-order valence-electron chi connectivity index (χ1n) is 9.98. The van der Waals surface area contributed by atoms with Crippen LogP contribution in [0, 0.1) is 0 Å². The summed E-state index contributed by atoms with van der Waals surface area (Å²) >= 11 is 0. The number of carboxylic acids is 1. The minimum Gasteiger partial charge on any atom is -0.489 e. The number of carbonyl (C=O) groups is 2. The molecule has 3 rings (SSSR count). The molecule has 3 N–H and O–H groups in total. The van der Waals surface area contributed by atoms with Crippen molar-refractivity contribution in [2.45, 2.75) is 31.5 Å². The van der Waals surface area contributed by atoms with E-state index >= 15 is 0 Å². The summed E-state index contributed by atoms with van der Waals surface area (Å²) in [7, 11) is 0. The Bertz CT molecular complexity index is 948. The Hall–Kier alpha value is -3.36. The van der Waals surface area contributed by atoms with E-state index in [4.69, 9.17) is 9.57 Å². The van der Waals surface area contributed by atoms with Gasteiger partial charge in [0.25, 0.3) is 0 Å². The molecule has 8 nitrogen and oxygen atoms in total. The molecule has 1 aliphatic heterocycles. The fraction of sp³-hybridized carbons (Fsp3) is 0.304. The average molecular weight is 426 g/mol. The van der Waals surface area contributed by atoms with Gasteiger partial charge < -0.3 is 14.9 Å². The zero-order chi connectivity index (χ0) is 22.4. The highest BCUT2D eigenvalue weighted by Crippen LogP contribution is 2.45. The highest BCUT2D eigenvalue weighted by molar-refractivity contribution is 5.87. The number of nitrogens with zero attached hydrogens (tertiary/aromatic N) is 1. The lowest BCUT2D eigenvalue weighted by atomic mass is 9.77. The summed E-state index contributed by atoms with van der Waals surface area (Å²) in [5.74, 6) is -0.773. The average Bonchev–Trinajstić information content (AvgIpc) is 2.77. The molecule has 2 atom stereocenters. The van der Waals surface area contributed by atoms with Crippen LogP contribution in [-0.2, 0) is 21.8 Å². The van der Waals surface area contributed by atoms with Gasteiger partial charge in [0, 0.05) is 12.1 Å². The first-order chi connectivity index (χ1) is 15.0.